The fourth-order valence-corrected chi connectivity index (χ4v) is 3.53. The smallest absolute Gasteiger partial charge is 0.227 e. The fraction of sp³-hybridized carbons (Fsp3) is 0.611. The number of aromatic nitrogens is 4. The van der Waals surface area contributed by atoms with Crippen molar-refractivity contribution in [1.82, 2.24) is 20.2 Å². The lowest BCUT2D eigenvalue weighted by molar-refractivity contribution is 0.254. The first-order chi connectivity index (χ1) is 12.1. The van der Waals surface area contributed by atoms with E-state index >= 15 is 0 Å². The van der Waals surface area contributed by atoms with Crippen LogP contribution in [0.2, 0.25) is 0 Å². The minimum atomic E-state index is -0.810. The van der Waals surface area contributed by atoms with Gasteiger partial charge in [-0.05, 0) is 31.2 Å². The van der Waals surface area contributed by atoms with Gasteiger partial charge in [-0.2, -0.15) is 10.1 Å². The SMILES string of the molecule is CC(C)CC1CN(c2nccc(Nc3cc(C4CC4)[nH]n3)n2)C[C@@H]1F. The van der Waals surface area contributed by atoms with Crippen LogP contribution in [0.4, 0.5) is 22.0 Å². The lowest BCUT2D eigenvalue weighted by Crippen LogP contribution is -2.23. The predicted octanol–water partition coefficient (Wildman–Crippen LogP) is 3.64. The molecule has 2 aliphatic rings. The van der Waals surface area contributed by atoms with E-state index in [1.807, 2.05) is 17.0 Å². The molecule has 0 bridgehead atoms. The van der Waals surface area contributed by atoms with Crippen molar-refractivity contribution in [2.45, 2.75) is 45.2 Å². The number of hydrogen-bond donors (Lipinski definition) is 2. The van der Waals surface area contributed by atoms with Gasteiger partial charge >= 0.3 is 0 Å². The van der Waals surface area contributed by atoms with Gasteiger partial charge in [0.25, 0.3) is 0 Å². The predicted molar refractivity (Wildman–Crippen MR) is 95.9 cm³/mol. The highest BCUT2D eigenvalue weighted by Gasteiger charge is 2.34. The van der Waals surface area contributed by atoms with E-state index in [1.54, 1.807) is 6.20 Å². The summed E-state index contributed by atoms with van der Waals surface area (Å²) in [6.07, 6.45) is 4.26. The summed E-state index contributed by atoms with van der Waals surface area (Å²) in [5.74, 6) is 3.21. The van der Waals surface area contributed by atoms with E-state index in [9.17, 15) is 4.39 Å². The van der Waals surface area contributed by atoms with Crippen LogP contribution >= 0.6 is 0 Å². The van der Waals surface area contributed by atoms with Crippen molar-refractivity contribution < 1.29 is 4.39 Å². The Labute approximate surface area is 147 Å². The number of H-pyrrole nitrogens is 1. The average Bonchev–Trinajstić information content (AvgIpc) is 3.23. The molecule has 2 N–H and O–H groups in total. The Balaban J connectivity index is 1.44. The summed E-state index contributed by atoms with van der Waals surface area (Å²) in [7, 11) is 0. The van der Waals surface area contributed by atoms with Crippen molar-refractivity contribution >= 4 is 17.6 Å². The van der Waals surface area contributed by atoms with Crippen molar-refractivity contribution in [1.29, 1.82) is 0 Å². The van der Waals surface area contributed by atoms with Gasteiger partial charge in [0.05, 0.1) is 6.54 Å². The maximum Gasteiger partial charge on any atom is 0.227 e. The zero-order valence-corrected chi connectivity index (χ0v) is 14.7. The molecular formula is C18H25FN6. The minimum absolute atomic E-state index is 0.0626. The standard InChI is InChI=1S/C18H25FN6/c1-11(2)7-13-9-25(10-14(13)19)18-20-6-5-16(22-18)21-17-8-15(23-24-17)12-3-4-12/h5-6,8,11-14H,3-4,7,9-10H2,1-2H3,(H2,20,21,22,23,24)/t13?,14-/m0/s1. The molecular weight excluding hydrogens is 319 g/mol. The molecule has 0 aromatic carbocycles. The summed E-state index contributed by atoms with van der Waals surface area (Å²) >= 11 is 0. The van der Waals surface area contributed by atoms with Crippen LogP contribution in [0, 0.1) is 11.8 Å². The molecule has 2 aromatic heterocycles. The topological polar surface area (TPSA) is 69.7 Å². The fourth-order valence-electron chi connectivity index (χ4n) is 3.53. The molecule has 1 unspecified atom stereocenters. The minimum Gasteiger partial charge on any atom is -0.337 e. The number of hydrogen-bond acceptors (Lipinski definition) is 5. The number of aromatic amines is 1. The van der Waals surface area contributed by atoms with Crippen molar-refractivity contribution in [3.8, 4) is 0 Å². The van der Waals surface area contributed by atoms with Crippen LogP contribution in [0.3, 0.4) is 0 Å². The number of nitrogens with one attached hydrogen (secondary N) is 2. The van der Waals surface area contributed by atoms with Crippen LogP contribution in [0.5, 0.6) is 0 Å². The molecule has 2 aromatic rings. The van der Waals surface area contributed by atoms with E-state index in [0.29, 0.717) is 36.7 Å². The summed E-state index contributed by atoms with van der Waals surface area (Å²) in [6, 6.07) is 3.84. The molecule has 1 aliphatic carbocycles. The van der Waals surface area contributed by atoms with Crippen LogP contribution in [0.15, 0.2) is 18.3 Å². The molecule has 1 saturated carbocycles. The highest BCUT2D eigenvalue weighted by atomic mass is 19.1. The Morgan fingerprint density at radius 1 is 1.32 bits per heavy atom. The van der Waals surface area contributed by atoms with Crippen molar-refractivity contribution in [3.05, 3.63) is 24.0 Å². The van der Waals surface area contributed by atoms with Gasteiger partial charge in [0, 0.05) is 36.3 Å². The molecule has 0 radical (unpaired) electrons. The van der Waals surface area contributed by atoms with Crippen LogP contribution in [0.25, 0.3) is 0 Å². The van der Waals surface area contributed by atoms with Gasteiger partial charge in [0.2, 0.25) is 5.95 Å². The van der Waals surface area contributed by atoms with Crippen LogP contribution < -0.4 is 10.2 Å². The Hall–Kier alpha value is -2.18. The Kier molecular flexibility index (Phi) is 4.31. The second kappa shape index (κ2) is 6.61. The van der Waals surface area contributed by atoms with Gasteiger partial charge < -0.3 is 10.2 Å². The quantitative estimate of drug-likeness (QED) is 0.837. The number of alkyl halides is 1. The van der Waals surface area contributed by atoms with Gasteiger partial charge in [-0.3, -0.25) is 5.10 Å². The molecule has 0 amide bonds. The number of rotatable bonds is 6. The van der Waals surface area contributed by atoms with Gasteiger partial charge in [-0.1, -0.05) is 13.8 Å². The molecule has 3 heterocycles. The second-order valence-corrected chi connectivity index (χ2v) is 7.66. The van der Waals surface area contributed by atoms with E-state index in [2.05, 4.69) is 39.3 Å². The third-order valence-electron chi connectivity index (χ3n) is 4.93. The number of halogens is 1. The van der Waals surface area contributed by atoms with Crippen LogP contribution in [0.1, 0.15) is 44.7 Å². The van der Waals surface area contributed by atoms with Crippen LogP contribution in [-0.2, 0) is 0 Å². The first kappa shape index (κ1) is 16.3. The number of nitrogens with zero attached hydrogens (tertiary/aromatic N) is 4. The molecule has 1 saturated heterocycles. The van der Waals surface area contributed by atoms with E-state index in [0.717, 1.165) is 12.2 Å². The largest absolute Gasteiger partial charge is 0.337 e. The zero-order chi connectivity index (χ0) is 17.4. The Morgan fingerprint density at radius 3 is 2.92 bits per heavy atom. The maximum atomic E-state index is 14.3. The van der Waals surface area contributed by atoms with Gasteiger partial charge in [0.1, 0.15) is 12.0 Å². The van der Waals surface area contributed by atoms with E-state index in [1.165, 1.54) is 18.5 Å². The molecule has 0 spiro atoms. The van der Waals surface area contributed by atoms with Gasteiger partial charge in [-0.15, -0.1) is 0 Å². The molecule has 2 atom stereocenters. The molecule has 4 rings (SSSR count). The third-order valence-corrected chi connectivity index (χ3v) is 4.93. The van der Waals surface area contributed by atoms with Crippen LogP contribution in [-0.4, -0.2) is 39.4 Å². The maximum absolute atomic E-state index is 14.3. The van der Waals surface area contributed by atoms with Crippen molar-refractivity contribution in [2.24, 2.45) is 11.8 Å². The normalized spacial score (nSPS) is 23.4. The summed E-state index contributed by atoms with van der Waals surface area (Å²) < 4.78 is 14.3. The lowest BCUT2D eigenvalue weighted by Gasteiger charge is -2.17. The van der Waals surface area contributed by atoms with E-state index in [-0.39, 0.29) is 5.92 Å². The van der Waals surface area contributed by atoms with E-state index < -0.39 is 6.17 Å². The van der Waals surface area contributed by atoms with Crippen molar-refractivity contribution in [2.75, 3.05) is 23.3 Å². The van der Waals surface area contributed by atoms with Gasteiger partial charge in [0.15, 0.2) is 5.82 Å². The molecule has 1 aliphatic heterocycles. The first-order valence-corrected chi connectivity index (χ1v) is 9.13. The first-order valence-electron chi connectivity index (χ1n) is 9.13. The average molecular weight is 344 g/mol. The highest BCUT2D eigenvalue weighted by molar-refractivity contribution is 5.54. The summed E-state index contributed by atoms with van der Waals surface area (Å²) in [4.78, 5) is 10.8. The monoisotopic (exact) mass is 344 g/mol. The second-order valence-electron chi connectivity index (χ2n) is 7.66. The zero-order valence-electron chi connectivity index (χ0n) is 14.7. The summed E-state index contributed by atoms with van der Waals surface area (Å²) in [5, 5.41) is 10.6. The summed E-state index contributed by atoms with van der Waals surface area (Å²) in [5.41, 5.74) is 1.17. The molecule has 6 nitrogen and oxygen atoms in total. The summed E-state index contributed by atoms with van der Waals surface area (Å²) in [6.45, 7) is 5.32. The third kappa shape index (κ3) is 3.75. The molecule has 25 heavy (non-hydrogen) atoms. The lowest BCUT2D eigenvalue weighted by atomic mass is 9.95. The molecule has 7 heteroatoms. The van der Waals surface area contributed by atoms with E-state index in [4.69, 9.17) is 0 Å². The molecule has 2 fully saturated rings. The van der Waals surface area contributed by atoms with Crippen molar-refractivity contribution in [3.63, 3.8) is 0 Å². The van der Waals surface area contributed by atoms with Gasteiger partial charge in [-0.25, -0.2) is 9.37 Å². The number of anilines is 3. The Bertz CT molecular complexity index is 726. The Morgan fingerprint density at radius 2 is 2.16 bits per heavy atom. The molecule has 134 valence electrons. The highest BCUT2D eigenvalue weighted by Crippen LogP contribution is 2.39.